The summed E-state index contributed by atoms with van der Waals surface area (Å²) in [6.45, 7) is 14.1. The Hall–Kier alpha value is -1.94. The SMILES string of the molecule is CCC(C)CCCCCCCCC(=O)O[C@H](COC(=O)CCCCCCCCCCC(C)C)COP(=O)(O)OCC(O)COP(=O)(O)OC[C@@H](COC(=O)CCCCCCCCCCCCCCCC(C)C)OC(=O)CCCCCCCCCCCCCCCC(C)C. The number of phosphoric acid groups is 2. The Morgan fingerprint density at radius 3 is 0.763 bits per heavy atom. The van der Waals surface area contributed by atoms with Crippen molar-refractivity contribution >= 4 is 39.5 Å². The Balaban J connectivity index is 5.25. The number of esters is 4. The number of hydrogen-bond acceptors (Lipinski definition) is 15. The maximum atomic E-state index is 13.1. The Kier molecular flexibility index (Phi) is 62.2. The first kappa shape index (κ1) is 91.1. The average Bonchev–Trinajstić information content (AvgIpc) is 1.65. The summed E-state index contributed by atoms with van der Waals surface area (Å²) < 4.78 is 68.4. The van der Waals surface area contributed by atoms with Gasteiger partial charge >= 0.3 is 39.5 Å². The fraction of sp³-hybridized carbons (Fsp3) is 0.946. The van der Waals surface area contributed by atoms with Crippen molar-refractivity contribution in [3.05, 3.63) is 0 Å². The first-order chi connectivity index (χ1) is 44.6. The zero-order valence-electron chi connectivity index (χ0n) is 60.9. The van der Waals surface area contributed by atoms with Crippen molar-refractivity contribution in [1.82, 2.24) is 0 Å². The quantitative estimate of drug-likeness (QED) is 0.0222. The summed E-state index contributed by atoms with van der Waals surface area (Å²) in [5, 5.41) is 10.6. The molecule has 0 rings (SSSR count). The normalized spacial score (nSPS) is 14.5. The summed E-state index contributed by atoms with van der Waals surface area (Å²) in [6, 6.07) is 0. The number of aliphatic hydroxyl groups excluding tert-OH is 1. The summed E-state index contributed by atoms with van der Waals surface area (Å²) in [7, 11) is -9.91. The number of phosphoric ester groups is 2. The van der Waals surface area contributed by atoms with E-state index in [1.54, 1.807) is 0 Å². The Bertz CT molecular complexity index is 1840. The van der Waals surface area contributed by atoms with E-state index in [4.69, 9.17) is 37.0 Å². The van der Waals surface area contributed by atoms with Crippen molar-refractivity contribution in [3.8, 4) is 0 Å². The van der Waals surface area contributed by atoms with Crippen LogP contribution in [0.5, 0.6) is 0 Å². The van der Waals surface area contributed by atoms with E-state index >= 15 is 0 Å². The molecule has 0 fully saturated rings. The van der Waals surface area contributed by atoms with Crippen molar-refractivity contribution in [1.29, 1.82) is 0 Å². The molecule has 0 saturated heterocycles. The molecule has 0 spiro atoms. The second-order valence-electron chi connectivity index (χ2n) is 28.4. The van der Waals surface area contributed by atoms with Gasteiger partial charge in [0.05, 0.1) is 26.4 Å². The lowest BCUT2D eigenvalue weighted by Crippen LogP contribution is -2.30. The molecule has 0 aromatic rings. The van der Waals surface area contributed by atoms with Crippen LogP contribution in [0.2, 0.25) is 0 Å². The third-order valence-corrected chi connectivity index (χ3v) is 19.3. The van der Waals surface area contributed by atoms with E-state index in [-0.39, 0.29) is 25.7 Å². The molecule has 19 heteroatoms. The zero-order chi connectivity index (χ0) is 68.9. The Morgan fingerprint density at radius 1 is 0.301 bits per heavy atom. The fourth-order valence-electron chi connectivity index (χ4n) is 11.2. The molecule has 0 aliphatic carbocycles. The molecule has 0 aliphatic heterocycles. The van der Waals surface area contributed by atoms with Gasteiger partial charge in [-0.05, 0) is 49.4 Å². The van der Waals surface area contributed by atoms with E-state index in [1.807, 2.05) is 0 Å². The second kappa shape index (κ2) is 63.5. The monoisotopic (exact) mass is 1370 g/mol. The van der Waals surface area contributed by atoms with Crippen LogP contribution in [-0.4, -0.2) is 96.7 Å². The number of carbonyl (C=O) groups is 4. The highest BCUT2D eigenvalue weighted by molar-refractivity contribution is 7.47. The first-order valence-corrected chi connectivity index (χ1v) is 41.2. The molecular formula is C74H144O17P2. The molecular weight excluding hydrogens is 1220 g/mol. The van der Waals surface area contributed by atoms with Gasteiger partial charge in [-0.3, -0.25) is 37.3 Å². The van der Waals surface area contributed by atoms with Crippen LogP contribution in [0, 0.1) is 23.7 Å². The molecule has 3 N–H and O–H groups in total. The predicted molar refractivity (Wildman–Crippen MR) is 377 cm³/mol. The smallest absolute Gasteiger partial charge is 0.462 e. The number of unbranched alkanes of at least 4 members (excludes halogenated alkanes) is 36. The van der Waals surface area contributed by atoms with Crippen molar-refractivity contribution in [2.75, 3.05) is 39.6 Å². The van der Waals surface area contributed by atoms with Gasteiger partial charge in [0, 0.05) is 25.7 Å². The topological polar surface area (TPSA) is 237 Å². The molecule has 0 amide bonds. The molecule has 0 aromatic carbocycles. The highest BCUT2D eigenvalue weighted by Gasteiger charge is 2.30. The molecule has 0 bridgehead atoms. The molecule has 93 heavy (non-hydrogen) atoms. The minimum absolute atomic E-state index is 0.102. The number of aliphatic hydroxyl groups is 1. The van der Waals surface area contributed by atoms with Crippen LogP contribution < -0.4 is 0 Å². The predicted octanol–water partition coefficient (Wildman–Crippen LogP) is 21.3. The fourth-order valence-corrected chi connectivity index (χ4v) is 12.7. The summed E-state index contributed by atoms with van der Waals surface area (Å²) in [5.41, 5.74) is 0. The van der Waals surface area contributed by atoms with Gasteiger partial charge in [0.1, 0.15) is 19.3 Å². The van der Waals surface area contributed by atoms with E-state index in [1.165, 1.54) is 173 Å². The van der Waals surface area contributed by atoms with Gasteiger partial charge in [-0.15, -0.1) is 0 Å². The first-order valence-electron chi connectivity index (χ1n) is 38.2. The van der Waals surface area contributed by atoms with E-state index in [0.717, 1.165) is 114 Å². The Labute approximate surface area is 568 Å². The van der Waals surface area contributed by atoms with Gasteiger partial charge in [-0.2, -0.15) is 0 Å². The minimum atomic E-state index is -4.96. The summed E-state index contributed by atoms with van der Waals surface area (Å²) in [4.78, 5) is 72.7. The summed E-state index contributed by atoms with van der Waals surface area (Å²) in [6.07, 6.45) is 47.3. The van der Waals surface area contributed by atoms with Crippen molar-refractivity contribution in [2.24, 2.45) is 23.7 Å². The van der Waals surface area contributed by atoms with E-state index in [0.29, 0.717) is 25.7 Å². The largest absolute Gasteiger partial charge is 0.472 e. The standard InChI is InChI=1S/C74H144O17P2/c1-9-67(8)53-45-37-32-33-41-49-57-74(79)91-70(61-85-72(77)55-47-39-30-25-24-28-36-44-52-66(6)7)63-89-93(82,83)87-59-68(75)58-86-92(80,81)88-62-69(90-73(78)56-48-40-31-23-19-15-11-13-17-21-27-35-43-51-65(4)5)60-84-71(76)54-46-38-29-22-18-14-10-12-16-20-26-34-42-50-64(2)3/h64-70,75H,9-63H2,1-8H3,(H,80,81)(H,82,83)/t67?,68?,69-,70-/m1/s1. The minimum Gasteiger partial charge on any atom is -0.462 e. The molecule has 17 nitrogen and oxygen atoms in total. The molecule has 0 saturated carbocycles. The zero-order valence-corrected chi connectivity index (χ0v) is 62.7. The third-order valence-electron chi connectivity index (χ3n) is 17.4. The van der Waals surface area contributed by atoms with Gasteiger partial charge in [-0.25, -0.2) is 9.13 Å². The van der Waals surface area contributed by atoms with Crippen LogP contribution >= 0.6 is 15.6 Å². The lowest BCUT2D eigenvalue weighted by molar-refractivity contribution is -0.161. The maximum absolute atomic E-state index is 13.1. The number of hydrogen-bond donors (Lipinski definition) is 3. The van der Waals surface area contributed by atoms with Crippen LogP contribution in [0.4, 0.5) is 0 Å². The molecule has 6 atom stereocenters. The summed E-state index contributed by atoms with van der Waals surface area (Å²) >= 11 is 0. The van der Waals surface area contributed by atoms with Crippen molar-refractivity contribution in [2.45, 2.75) is 388 Å². The van der Waals surface area contributed by atoms with Crippen LogP contribution in [0.1, 0.15) is 370 Å². The van der Waals surface area contributed by atoms with Crippen LogP contribution in [-0.2, 0) is 65.4 Å². The number of rotatable bonds is 71. The number of ether oxygens (including phenoxy) is 4. The average molecular weight is 1370 g/mol. The van der Waals surface area contributed by atoms with Crippen molar-refractivity contribution in [3.63, 3.8) is 0 Å². The highest BCUT2D eigenvalue weighted by atomic mass is 31.2. The molecule has 4 unspecified atom stereocenters. The van der Waals surface area contributed by atoms with Crippen LogP contribution in [0.15, 0.2) is 0 Å². The maximum Gasteiger partial charge on any atom is 0.472 e. The molecule has 0 radical (unpaired) electrons. The van der Waals surface area contributed by atoms with E-state index in [2.05, 4.69) is 55.4 Å². The van der Waals surface area contributed by atoms with E-state index < -0.39 is 97.5 Å². The lowest BCUT2D eigenvalue weighted by atomic mass is 10.00. The van der Waals surface area contributed by atoms with Gasteiger partial charge < -0.3 is 33.8 Å². The van der Waals surface area contributed by atoms with Gasteiger partial charge in [0.25, 0.3) is 0 Å². The molecule has 0 aliphatic rings. The molecule has 552 valence electrons. The third kappa shape index (κ3) is 67.0. The molecule has 0 aromatic heterocycles. The summed E-state index contributed by atoms with van der Waals surface area (Å²) in [5.74, 6) is 0.898. The highest BCUT2D eigenvalue weighted by Crippen LogP contribution is 2.45. The second-order valence-corrected chi connectivity index (χ2v) is 31.3. The number of carbonyl (C=O) groups excluding carboxylic acids is 4. The molecule has 0 heterocycles. The van der Waals surface area contributed by atoms with Crippen LogP contribution in [0.25, 0.3) is 0 Å². The lowest BCUT2D eigenvalue weighted by Gasteiger charge is -2.21. The van der Waals surface area contributed by atoms with Gasteiger partial charge in [0.2, 0.25) is 0 Å². The van der Waals surface area contributed by atoms with Crippen molar-refractivity contribution < 1.29 is 80.2 Å². The van der Waals surface area contributed by atoms with Gasteiger partial charge in [-0.1, -0.05) is 319 Å². The van der Waals surface area contributed by atoms with E-state index in [9.17, 15) is 43.2 Å². The van der Waals surface area contributed by atoms with Crippen LogP contribution in [0.3, 0.4) is 0 Å². The Morgan fingerprint density at radius 2 is 0.516 bits per heavy atom. The van der Waals surface area contributed by atoms with Gasteiger partial charge in [0.15, 0.2) is 12.2 Å².